The molecule has 0 spiro atoms. The van der Waals surface area contributed by atoms with Crippen LogP contribution in [0.15, 0.2) is 46.2 Å². The predicted molar refractivity (Wildman–Crippen MR) is 126 cm³/mol. The Kier molecular flexibility index (Phi) is 6.24. The topological polar surface area (TPSA) is 72.5 Å². The lowest BCUT2D eigenvalue weighted by atomic mass is 9.85. The largest absolute Gasteiger partial charge is 0.459 e. The number of hydrogen-bond acceptors (Lipinski definition) is 6. The number of anilines is 1. The summed E-state index contributed by atoms with van der Waals surface area (Å²) < 4.78 is 31.9. The van der Waals surface area contributed by atoms with Gasteiger partial charge in [-0.05, 0) is 68.5 Å². The van der Waals surface area contributed by atoms with Gasteiger partial charge in [0.15, 0.2) is 0 Å². The maximum absolute atomic E-state index is 13.2. The molecule has 168 valence electrons. The molecule has 1 aliphatic rings. The number of fused-ring (bicyclic) bond motifs is 1. The Hall–Kier alpha value is -1.99. The van der Waals surface area contributed by atoms with Crippen LogP contribution in [0.1, 0.15) is 64.2 Å². The molecule has 0 aromatic heterocycles. The Morgan fingerprint density at radius 2 is 1.68 bits per heavy atom. The molecular weight excluding hydrogens is 430 g/mol. The van der Waals surface area contributed by atoms with Crippen molar-refractivity contribution in [2.75, 3.05) is 11.9 Å². The molecule has 2 aromatic carbocycles. The van der Waals surface area contributed by atoms with Gasteiger partial charge in [0.05, 0.1) is 4.90 Å². The molecule has 0 fully saturated rings. The van der Waals surface area contributed by atoms with E-state index in [4.69, 9.17) is 4.74 Å². The zero-order chi connectivity index (χ0) is 23.2. The van der Waals surface area contributed by atoms with Crippen LogP contribution in [0.3, 0.4) is 0 Å². The zero-order valence-corrected chi connectivity index (χ0v) is 20.8. The smallest absolute Gasteiger partial charge is 0.315 e. The molecule has 1 heterocycles. The summed E-state index contributed by atoms with van der Waals surface area (Å²) in [6.07, 6.45) is 0. The average Bonchev–Trinajstić information content (AvgIpc) is 3.02. The zero-order valence-electron chi connectivity index (χ0n) is 19.2. The summed E-state index contributed by atoms with van der Waals surface area (Å²) >= 11 is 0. The molecule has 7 heteroatoms. The third-order valence-corrected chi connectivity index (χ3v) is 8.39. The summed E-state index contributed by atoms with van der Waals surface area (Å²) in [5.41, 5.74) is 2.71. The number of hydrogen-bond donors (Lipinski definition) is 1. The second-order valence-corrected chi connectivity index (χ2v) is 13.8. The third kappa shape index (κ3) is 5.44. The van der Waals surface area contributed by atoms with Gasteiger partial charge in [-0.25, -0.2) is 8.42 Å². The Bertz CT molecular complexity index is 1090. The summed E-state index contributed by atoms with van der Waals surface area (Å²) in [7, 11) is -2.77. The molecule has 0 aliphatic carbocycles. The first-order chi connectivity index (χ1) is 14.2. The van der Waals surface area contributed by atoms with E-state index in [1.54, 1.807) is 24.3 Å². The van der Waals surface area contributed by atoms with E-state index < -0.39 is 20.4 Å². The van der Waals surface area contributed by atoms with Gasteiger partial charge in [-0.1, -0.05) is 38.5 Å². The fourth-order valence-electron chi connectivity index (χ4n) is 3.47. The van der Waals surface area contributed by atoms with Crippen LogP contribution in [-0.4, -0.2) is 26.5 Å². The molecule has 31 heavy (non-hydrogen) atoms. The van der Waals surface area contributed by atoms with Crippen molar-refractivity contribution in [2.45, 2.75) is 75.2 Å². The molecular formula is C24H31NO4S2. The highest BCUT2D eigenvalue weighted by molar-refractivity contribution is 8.72. The molecule has 0 saturated carbocycles. The fourth-order valence-corrected chi connectivity index (χ4v) is 6.65. The van der Waals surface area contributed by atoms with Crippen molar-refractivity contribution < 1.29 is 17.9 Å². The van der Waals surface area contributed by atoms with E-state index in [0.29, 0.717) is 11.4 Å². The van der Waals surface area contributed by atoms with Crippen LogP contribution in [0.4, 0.5) is 5.69 Å². The summed E-state index contributed by atoms with van der Waals surface area (Å²) in [4.78, 5) is 13.7. The van der Waals surface area contributed by atoms with E-state index in [9.17, 15) is 13.2 Å². The molecule has 0 radical (unpaired) electrons. The number of nitrogens with one attached hydrogen (secondary N) is 1. The molecule has 1 atom stereocenters. The van der Waals surface area contributed by atoms with Gasteiger partial charge in [-0.3, -0.25) is 4.79 Å². The third-order valence-electron chi connectivity index (χ3n) is 5.03. The quantitative estimate of drug-likeness (QED) is 0.470. The highest BCUT2D eigenvalue weighted by Gasteiger charge is 2.35. The van der Waals surface area contributed by atoms with Crippen molar-refractivity contribution in [1.29, 1.82) is 0 Å². The summed E-state index contributed by atoms with van der Waals surface area (Å²) in [6.45, 7) is 14.0. The lowest BCUT2D eigenvalue weighted by molar-refractivity contribution is -0.156. The standard InChI is InChI=1S/C24H31NO4S2/c1-15-8-10-16(11-9-15)31(27,28)30-21-12-17-18(22(26)29-24(5,6)7)14-25-20(17)13-19(21)23(2,3)4/h8-13,18,25H,14H2,1-7H3. The Labute approximate surface area is 189 Å². The Morgan fingerprint density at radius 3 is 2.23 bits per heavy atom. The second-order valence-electron chi connectivity index (χ2n) is 10.0. The highest BCUT2D eigenvalue weighted by atomic mass is 33.1. The van der Waals surface area contributed by atoms with Crippen molar-refractivity contribution >= 4 is 31.3 Å². The van der Waals surface area contributed by atoms with Gasteiger partial charge in [-0.15, -0.1) is 0 Å². The van der Waals surface area contributed by atoms with Crippen molar-refractivity contribution in [2.24, 2.45) is 0 Å². The first kappa shape index (κ1) is 23.7. The highest BCUT2D eigenvalue weighted by Crippen LogP contribution is 2.44. The lowest BCUT2D eigenvalue weighted by Crippen LogP contribution is -2.28. The van der Waals surface area contributed by atoms with Crippen LogP contribution in [0.5, 0.6) is 0 Å². The van der Waals surface area contributed by atoms with Gasteiger partial charge in [0.1, 0.15) is 11.5 Å². The van der Waals surface area contributed by atoms with E-state index in [1.165, 1.54) is 0 Å². The van der Waals surface area contributed by atoms with E-state index >= 15 is 0 Å². The first-order valence-corrected chi connectivity index (χ1v) is 13.2. The van der Waals surface area contributed by atoms with Gasteiger partial charge >= 0.3 is 5.97 Å². The molecule has 1 N–H and O–H groups in total. The summed E-state index contributed by atoms with van der Waals surface area (Å²) in [5.74, 6) is -0.774. The van der Waals surface area contributed by atoms with Gasteiger partial charge in [0.25, 0.3) is 0 Å². The number of esters is 1. The van der Waals surface area contributed by atoms with Gasteiger partial charge < -0.3 is 10.1 Å². The molecule has 1 unspecified atom stereocenters. The average molecular weight is 462 g/mol. The van der Waals surface area contributed by atoms with E-state index in [0.717, 1.165) is 33.2 Å². The molecule has 1 aliphatic heterocycles. The number of aryl methyl sites for hydroxylation is 1. The first-order valence-electron chi connectivity index (χ1n) is 10.3. The molecule has 3 rings (SSSR count). The predicted octanol–water partition coefficient (Wildman–Crippen LogP) is 5.62. The maximum Gasteiger partial charge on any atom is 0.315 e. The lowest BCUT2D eigenvalue weighted by Gasteiger charge is -2.25. The van der Waals surface area contributed by atoms with Crippen LogP contribution in [0.2, 0.25) is 0 Å². The number of ether oxygens (including phenoxy) is 1. The molecule has 0 saturated heterocycles. The molecule has 5 nitrogen and oxygen atoms in total. The van der Waals surface area contributed by atoms with Crippen molar-refractivity contribution in [3.05, 3.63) is 53.1 Å². The molecule has 2 aromatic rings. The minimum atomic E-state index is -3.62. The summed E-state index contributed by atoms with van der Waals surface area (Å²) in [5, 5.41) is 3.30. The minimum absolute atomic E-state index is 0.269. The van der Waals surface area contributed by atoms with Crippen LogP contribution < -0.4 is 5.32 Å². The van der Waals surface area contributed by atoms with Crippen molar-refractivity contribution in [1.82, 2.24) is 0 Å². The Balaban J connectivity index is 2.04. The normalized spacial score (nSPS) is 16.5. The van der Waals surface area contributed by atoms with Crippen LogP contribution in [0, 0.1) is 6.92 Å². The van der Waals surface area contributed by atoms with Crippen molar-refractivity contribution in [3.8, 4) is 0 Å². The number of benzene rings is 2. The summed E-state index contributed by atoms with van der Waals surface area (Å²) in [6, 6.07) is 10.7. The second kappa shape index (κ2) is 8.17. The monoisotopic (exact) mass is 461 g/mol. The van der Waals surface area contributed by atoms with E-state index in [2.05, 4.69) is 26.1 Å². The SMILES string of the molecule is Cc1ccc(S(=O)(=O)Sc2cc3c(cc2C(C)(C)C)NCC3C(=O)OC(C)(C)C)cc1. The van der Waals surface area contributed by atoms with E-state index in [1.807, 2.05) is 39.8 Å². The minimum Gasteiger partial charge on any atom is -0.459 e. The van der Waals surface area contributed by atoms with Crippen LogP contribution in [0.25, 0.3) is 0 Å². The van der Waals surface area contributed by atoms with Crippen molar-refractivity contribution in [3.63, 3.8) is 0 Å². The van der Waals surface area contributed by atoms with Gasteiger partial charge in [0, 0.05) is 27.9 Å². The van der Waals surface area contributed by atoms with Crippen LogP contribution in [-0.2, 0) is 23.8 Å². The van der Waals surface area contributed by atoms with Crippen LogP contribution >= 0.6 is 10.8 Å². The van der Waals surface area contributed by atoms with Gasteiger partial charge in [-0.2, -0.15) is 0 Å². The molecule has 0 bridgehead atoms. The van der Waals surface area contributed by atoms with Gasteiger partial charge in [0.2, 0.25) is 8.87 Å². The number of carbonyl (C=O) groups is 1. The number of carbonyl (C=O) groups excluding carboxylic acids is 1. The fraction of sp³-hybridized carbons (Fsp3) is 0.458. The Morgan fingerprint density at radius 1 is 1.06 bits per heavy atom. The number of rotatable bonds is 4. The van der Waals surface area contributed by atoms with E-state index in [-0.39, 0.29) is 16.3 Å². The molecule has 0 amide bonds. The maximum atomic E-state index is 13.2.